The Morgan fingerprint density at radius 3 is 2.84 bits per heavy atom. The van der Waals surface area contributed by atoms with Gasteiger partial charge in [-0.3, -0.25) is 14.5 Å². The van der Waals surface area contributed by atoms with Crippen molar-refractivity contribution < 1.29 is 4.92 Å². The minimum atomic E-state index is -0.519. The first kappa shape index (κ1) is 11.6. The zero-order valence-electron chi connectivity index (χ0n) is 9.52. The van der Waals surface area contributed by atoms with Gasteiger partial charge in [0.05, 0.1) is 4.92 Å². The van der Waals surface area contributed by atoms with Gasteiger partial charge in [-0.05, 0) is 24.3 Å². The van der Waals surface area contributed by atoms with Gasteiger partial charge in [-0.25, -0.2) is 0 Å². The lowest BCUT2D eigenvalue weighted by molar-refractivity contribution is -0.384. The molecule has 3 rings (SSSR count). The third-order valence-corrected chi connectivity index (χ3v) is 3.03. The van der Waals surface area contributed by atoms with E-state index in [2.05, 4.69) is 10.2 Å². The first-order valence-electron chi connectivity index (χ1n) is 5.41. The molecule has 0 saturated heterocycles. The number of fused-ring (bicyclic) bond motifs is 1. The van der Waals surface area contributed by atoms with E-state index in [9.17, 15) is 10.1 Å². The number of benzene rings is 1. The molecule has 1 aromatic carbocycles. The maximum Gasteiger partial charge on any atom is 0.288 e. The molecule has 0 aliphatic carbocycles. The van der Waals surface area contributed by atoms with Crippen LogP contribution in [0.2, 0.25) is 5.02 Å². The van der Waals surface area contributed by atoms with E-state index in [0.29, 0.717) is 17.0 Å². The minimum Gasteiger partial charge on any atom is -0.282 e. The van der Waals surface area contributed by atoms with Crippen LogP contribution in [-0.2, 0) is 0 Å². The van der Waals surface area contributed by atoms with Crippen LogP contribution in [0, 0.1) is 10.1 Å². The molecular formula is C12H7ClN4O2. The Kier molecular flexibility index (Phi) is 2.64. The summed E-state index contributed by atoms with van der Waals surface area (Å²) in [5.41, 5.74) is 1.12. The second-order valence-electron chi connectivity index (χ2n) is 3.88. The number of nitrogens with zero attached hydrogens (tertiary/aromatic N) is 4. The molecule has 0 amide bonds. The number of nitro groups is 1. The van der Waals surface area contributed by atoms with Crippen molar-refractivity contribution in [2.45, 2.75) is 0 Å². The minimum absolute atomic E-state index is 0.0996. The van der Waals surface area contributed by atoms with Gasteiger partial charge in [0.15, 0.2) is 11.5 Å². The molecule has 6 nitrogen and oxygen atoms in total. The molecule has 0 N–H and O–H groups in total. The molecule has 0 aliphatic heterocycles. The number of hydrogen-bond donors (Lipinski definition) is 0. The van der Waals surface area contributed by atoms with Gasteiger partial charge in [0.25, 0.3) is 5.69 Å². The summed E-state index contributed by atoms with van der Waals surface area (Å²) < 4.78 is 1.76. The zero-order valence-corrected chi connectivity index (χ0v) is 10.3. The summed E-state index contributed by atoms with van der Waals surface area (Å²) in [5.74, 6) is 0.537. The summed E-state index contributed by atoms with van der Waals surface area (Å²) >= 11 is 5.79. The number of hydrogen-bond acceptors (Lipinski definition) is 4. The molecule has 0 spiro atoms. The number of nitro benzene ring substituents is 1. The van der Waals surface area contributed by atoms with Gasteiger partial charge >= 0.3 is 0 Å². The first-order valence-corrected chi connectivity index (χ1v) is 5.79. The average molecular weight is 275 g/mol. The normalized spacial score (nSPS) is 10.8. The second-order valence-corrected chi connectivity index (χ2v) is 4.28. The molecule has 19 heavy (non-hydrogen) atoms. The lowest BCUT2D eigenvalue weighted by Gasteiger charge is -2.01. The predicted octanol–water partition coefficient (Wildman–Crippen LogP) is 2.96. The van der Waals surface area contributed by atoms with Crippen LogP contribution in [0.25, 0.3) is 17.0 Å². The van der Waals surface area contributed by atoms with Crippen LogP contribution in [0.15, 0.2) is 42.6 Å². The van der Waals surface area contributed by atoms with Crippen LogP contribution < -0.4 is 0 Å². The van der Waals surface area contributed by atoms with Gasteiger partial charge in [-0.1, -0.05) is 17.7 Å². The molecular weight excluding hydrogens is 268 g/mol. The van der Waals surface area contributed by atoms with Gasteiger partial charge in [-0.15, -0.1) is 10.2 Å². The summed E-state index contributed by atoms with van der Waals surface area (Å²) in [7, 11) is 0. The van der Waals surface area contributed by atoms with Gasteiger partial charge < -0.3 is 0 Å². The summed E-state index contributed by atoms with van der Waals surface area (Å²) in [6, 6.07) is 10.0. The van der Waals surface area contributed by atoms with E-state index in [-0.39, 0.29) is 10.7 Å². The molecule has 2 heterocycles. The first-order chi connectivity index (χ1) is 9.16. The van der Waals surface area contributed by atoms with E-state index in [1.807, 2.05) is 12.1 Å². The second kappa shape index (κ2) is 4.33. The Hall–Kier alpha value is -2.47. The standard InChI is InChI=1S/C12H7ClN4O2/c13-9-5-4-8(7-10(9)17(18)19)12-15-14-11-3-1-2-6-16(11)12/h1-7H. The highest BCUT2D eigenvalue weighted by atomic mass is 35.5. The molecule has 0 unspecified atom stereocenters. The van der Waals surface area contributed by atoms with Gasteiger partial charge in [0.1, 0.15) is 5.02 Å². The molecule has 0 fully saturated rings. The monoisotopic (exact) mass is 274 g/mol. The molecule has 0 atom stereocenters. The number of halogens is 1. The van der Waals surface area contributed by atoms with Crippen molar-refractivity contribution in [3.63, 3.8) is 0 Å². The number of pyridine rings is 1. The Morgan fingerprint density at radius 2 is 2.05 bits per heavy atom. The quantitative estimate of drug-likeness (QED) is 0.532. The highest BCUT2D eigenvalue weighted by molar-refractivity contribution is 6.32. The van der Waals surface area contributed by atoms with E-state index in [1.165, 1.54) is 12.1 Å². The lowest BCUT2D eigenvalue weighted by Crippen LogP contribution is -1.92. The van der Waals surface area contributed by atoms with Gasteiger partial charge in [-0.2, -0.15) is 0 Å². The van der Waals surface area contributed by atoms with E-state index < -0.39 is 4.92 Å². The van der Waals surface area contributed by atoms with Crippen LogP contribution >= 0.6 is 11.6 Å². The van der Waals surface area contributed by atoms with Crippen molar-refractivity contribution in [3.05, 3.63) is 57.7 Å². The predicted molar refractivity (Wildman–Crippen MR) is 70.1 cm³/mol. The SMILES string of the molecule is O=[N+]([O-])c1cc(-c2nnc3ccccn23)ccc1Cl. The highest BCUT2D eigenvalue weighted by Gasteiger charge is 2.16. The molecule has 0 saturated carbocycles. The van der Waals surface area contributed by atoms with Crippen molar-refractivity contribution in [2.75, 3.05) is 0 Å². The average Bonchev–Trinajstić information content (AvgIpc) is 2.83. The van der Waals surface area contributed by atoms with Crippen molar-refractivity contribution in [1.29, 1.82) is 0 Å². The molecule has 0 aliphatic rings. The number of aromatic nitrogens is 3. The molecule has 7 heteroatoms. The third-order valence-electron chi connectivity index (χ3n) is 2.71. The maximum absolute atomic E-state index is 10.9. The fourth-order valence-electron chi connectivity index (χ4n) is 1.83. The van der Waals surface area contributed by atoms with E-state index in [1.54, 1.807) is 22.7 Å². The Bertz CT molecular complexity index is 784. The summed E-state index contributed by atoms with van der Waals surface area (Å²) in [4.78, 5) is 10.4. The molecule has 0 bridgehead atoms. The third kappa shape index (κ3) is 1.92. The van der Waals surface area contributed by atoms with E-state index in [0.717, 1.165) is 0 Å². The van der Waals surface area contributed by atoms with Crippen LogP contribution in [-0.4, -0.2) is 19.5 Å². The molecule has 2 aromatic heterocycles. The van der Waals surface area contributed by atoms with Crippen LogP contribution in [0.5, 0.6) is 0 Å². The summed E-state index contributed by atoms with van der Waals surface area (Å²) in [5, 5.41) is 19.0. The van der Waals surface area contributed by atoms with Crippen molar-refractivity contribution >= 4 is 22.9 Å². The summed E-state index contributed by atoms with van der Waals surface area (Å²) in [6.45, 7) is 0. The Labute approximate surface area is 112 Å². The zero-order chi connectivity index (χ0) is 13.4. The fraction of sp³-hybridized carbons (Fsp3) is 0. The van der Waals surface area contributed by atoms with Crippen molar-refractivity contribution in [2.24, 2.45) is 0 Å². The van der Waals surface area contributed by atoms with E-state index in [4.69, 9.17) is 11.6 Å². The smallest absolute Gasteiger partial charge is 0.282 e. The van der Waals surface area contributed by atoms with Crippen LogP contribution in [0.4, 0.5) is 5.69 Å². The largest absolute Gasteiger partial charge is 0.288 e. The Balaban J connectivity index is 2.22. The maximum atomic E-state index is 10.9. The lowest BCUT2D eigenvalue weighted by atomic mass is 10.2. The van der Waals surface area contributed by atoms with Crippen LogP contribution in [0.1, 0.15) is 0 Å². The molecule has 3 aromatic rings. The number of rotatable bonds is 2. The molecule has 94 valence electrons. The summed E-state index contributed by atoms with van der Waals surface area (Å²) in [6.07, 6.45) is 1.80. The fourth-order valence-corrected chi connectivity index (χ4v) is 2.02. The van der Waals surface area contributed by atoms with Crippen molar-refractivity contribution in [1.82, 2.24) is 14.6 Å². The van der Waals surface area contributed by atoms with Crippen LogP contribution in [0.3, 0.4) is 0 Å². The van der Waals surface area contributed by atoms with Gasteiger partial charge in [0.2, 0.25) is 0 Å². The van der Waals surface area contributed by atoms with E-state index >= 15 is 0 Å². The molecule has 0 radical (unpaired) electrons. The van der Waals surface area contributed by atoms with Gasteiger partial charge in [0, 0.05) is 17.8 Å². The Morgan fingerprint density at radius 1 is 1.21 bits per heavy atom. The van der Waals surface area contributed by atoms with Crippen molar-refractivity contribution in [3.8, 4) is 11.4 Å². The highest BCUT2D eigenvalue weighted by Crippen LogP contribution is 2.29. The topological polar surface area (TPSA) is 73.3 Å².